The zero-order valence-electron chi connectivity index (χ0n) is 12.2. The normalized spacial score (nSPS) is 14.7. The number of para-hydroxylation sites is 2. The number of rotatable bonds is 5. The average molecular weight is 317 g/mol. The van der Waals surface area contributed by atoms with Crippen LogP contribution in [0.25, 0.3) is 0 Å². The van der Waals surface area contributed by atoms with Crippen LogP contribution >= 0.6 is 11.3 Å². The maximum Gasteiger partial charge on any atom is 0.325 e. The summed E-state index contributed by atoms with van der Waals surface area (Å²) < 4.78 is 5.90. The Labute approximate surface area is 133 Å². The lowest BCUT2D eigenvalue weighted by atomic mass is 10.1. The van der Waals surface area contributed by atoms with Gasteiger partial charge in [0, 0.05) is 11.6 Å². The van der Waals surface area contributed by atoms with Gasteiger partial charge in [-0.3, -0.25) is 5.32 Å². The van der Waals surface area contributed by atoms with Crippen molar-refractivity contribution in [3.05, 3.63) is 35.8 Å². The summed E-state index contributed by atoms with van der Waals surface area (Å²) in [6.07, 6.45) is 6.72. The number of carbonyl (C=O) groups excluding carboxylic acids is 1. The van der Waals surface area contributed by atoms with E-state index in [0.717, 1.165) is 0 Å². The van der Waals surface area contributed by atoms with Gasteiger partial charge in [-0.25, -0.2) is 9.78 Å². The third-order valence-electron chi connectivity index (χ3n) is 3.74. The fourth-order valence-corrected chi connectivity index (χ4v) is 3.14. The summed E-state index contributed by atoms with van der Waals surface area (Å²) >= 11 is 1.38. The predicted octanol–water partition coefficient (Wildman–Crippen LogP) is 4.36. The van der Waals surface area contributed by atoms with E-state index in [9.17, 15) is 4.79 Å². The zero-order valence-corrected chi connectivity index (χ0v) is 13.1. The summed E-state index contributed by atoms with van der Waals surface area (Å²) in [5.74, 6) is 1.35. The Balaban J connectivity index is 1.59. The lowest BCUT2D eigenvalue weighted by Crippen LogP contribution is -2.20. The molecule has 0 saturated heterocycles. The second kappa shape index (κ2) is 7.26. The maximum absolute atomic E-state index is 12.0. The second-order valence-corrected chi connectivity index (χ2v) is 6.27. The van der Waals surface area contributed by atoms with Crippen LogP contribution in [0.5, 0.6) is 5.75 Å². The Morgan fingerprint density at radius 2 is 2.09 bits per heavy atom. The van der Waals surface area contributed by atoms with E-state index < -0.39 is 0 Å². The molecule has 22 heavy (non-hydrogen) atoms. The van der Waals surface area contributed by atoms with E-state index in [1.165, 1.54) is 37.0 Å². The smallest absolute Gasteiger partial charge is 0.325 e. The quantitative estimate of drug-likeness (QED) is 0.861. The highest BCUT2D eigenvalue weighted by Gasteiger charge is 2.16. The van der Waals surface area contributed by atoms with Crippen molar-refractivity contribution < 1.29 is 9.53 Å². The van der Waals surface area contributed by atoms with Crippen LogP contribution in [0.15, 0.2) is 35.8 Å². The van der Waals surface area contributed by atoms with Crippen molar-refractivity contribution in [2.24, 2.45) is 5.92 Å². The number of nitrogens with one attached hydrogen (secondary N) is 2. The van der Waals surface area contributed by atoms with Crippen LogP contribution in [-0.2, 0) is 0 Å². The van der Waals surface area contributed by atoms with Gasteiger partial charge in [0.2, 0.25) is 0 Å². The topological polar surface area (TPSA) is 63.2 Å². The van der Waals surface area contributed by atoms with Crippen LogP contribution < -0.4 is 15.4 Å². The van der Waals surface area contributed by atoms with Crippen LogP contribution in [-0.4, -0.2) is 17.6 Å². The van der Waals surface area contributed by atoms with Gasteiger partial charge < -0.3 is 10.1 Å². The molecule has 1 fully saturated rings. The highest BCUT2D eigenvalue weighted by molar-refractivity contribution is 7.13. The summed E-state index contributed by atoms with van der Waals surface area (Å²) in [4.78, 5) is 16.0. The van der Waals surface area contributed by atoms with Gasteiger partial charge in [0.25, 0.3) is 0 Å². The van der Waals surface area contributed by atoms with Crippen molar-refractivity contribution >= 4 is 28.2 Å². The van der Waals surface area contributed by atoms with Crippen molar-refractivity contribution in [3.8, 4) is 5.75 Å². The van der Waals surface area contributed by atoms with Crippen LogP contribution in [0.1, 0.15) is 25.7 Å². The standard InChI is InChI=1S/C16H19N3O2S/c20-15(19-16-17-9-10-22-16)18-13-7-3-4-8-14(13)21-11-12-5-1-2-6-12/h3-4,7-10,12H,1-2,5-6,11H2,(H2,17,18,19,20). The minimum atomic E-state index is -0.313. The summed E-state index contributed by atoms with van der Waals surface area (Å²) in [6, 6.07) is 7.20. The molecule has 0 bridgehead atoms. The number of anilines is 2. The van der Waals surface area contributed by atoms with Crippen LogP contribution in [0.4, 0.5) is 15.6 Å². The number of hydrogen-bond acceptors (Lipinski definition) is 4. The maximum atomic E-state index is 12.0. The third kappa shape index (κ3) is 3.98. The van der Waals surface area contributed by atoms with E-state index in [0.29, 0.717) is 29.1 Å². The first-order chi connectivity index (χ1) is 10.8. The molecule has 116 valence electrons. The molecular weight excluding hydrogens is 298 g/mol. The van der Waals surface area contributed by atoms with Crippen LogP contribution in [0, 0.1) is 5.92 Å². The molecular formula is C16H19N3O2S. The van der Waals surface area contributed by atoms with Gasteiger partial charge in [0.1, 0.15) is 5.75 Å². The molecule has 1 aliphatic rings. The largest absolute Gasteiger partial charge is 0.491 e. The molecule has 1 aromatic heterocycles. The molecule has 1 saturated carbocycles. The Kier molecular flexibility index (Phi) is 4.90. The minimum absolute atomic E-state index is 0.313. The van der Waals surface area contributed by atoms with Gasteiger partial charge in [0.15, 0.2) is 5.13 Å². The zero-order chi connectivity index (χ0) is 15.2. The Hall–Kier alpha value is -2.08. The fraction of sp³-hybridized carbons (Fsp3) is 0.375. The molecule has 0 spiro atoms. The van der Waals surface area contributed by atoms with Crippen molar-refractivity contribution in [2.75, 3.05) is 17.2 Å². The van der Waals surface area contributed by atoms with Crippen molar-refractivity contribution in [2.45, 2.75) is 25.7 Å². The molecule has 1 aliphatic carbocycles. The number of amides is 2. The molecule has 3 rings (SSSR count). The summed E-state index contributed by atoms with van der Waals surface area (Å²) in [7, 11) is 0. The Morgan fingerprint density at radius 1 is 1.27 bits per heavy atom. The molecule has 1 aromatic carbocycles. The Morgan fingerprint density at radius 3 is 2.86 bits per heavy atom. The third-order valence-corrected chi connectivity index (χ3v) is 4.43. The van der Waals surface area contributed by atoms with Crippen molar-refractivity contribution in [1.29, 1.82) is 0 Å². The van der Waals surface area contributed by atoms with Gasteiger partial charge in [0.05, 0.1) is 12.3 Å². The molecule has 0 aliphatic heterocycles. The molecule has 0 unspecified atom stereocenters. The number of benzene rings is 1. The van der Waals surface area contributed by atoms with E-state index >= 15 is 0 Å². The molecule has 5 nitrogen and oxygen atoms in total. The highest BCUT2D eigenvalue weighted by Crippen LogP contribution is 2.28. The number of aromatic nitrogens is 1. The number of ether oxygens (including phenoxy) is 1. The highest BCUT2D eigenvalue weighted by atomic mass is 32.1. The minimum Gasteiger partial charge on any atom is -0.491 e. The first-order valence-electron chi connectivity index (χ1n) is 7.50. The fourth-order valence-electron chi connectivity index (χ4n) is 2.62. The summed E-state index contributed by atoms with van der Waals surface area (Å²) in [5.41, 5.74) is 0.676. The number of carbonyl (C=O) groups is 1. The molecule has 0 atom stereocenters. The number of nitrogens with zero attached hydrogens (tertiary/aromatic N) is 1. The van der Waals surface area contributed by atoms with E-state index in [4.69, 9.17) is 4.74 Å². The van der Waals surface area contributed by atoms with Gasteiger partial charge in [-0.2, -0.15) is 0 Å². The van der Waals surface area contributed by atoms with E-state index in [1.54, 1.807) is 6.20 Å². The van der Waals surface area contributed by atoms with Gasteiger partial charge in [-0.15, -0.1) is 11.3 Å². The van der Waals surface area contributed by atoms with Crippen LogP contribution in [0.3, 0.4) is 0 Å². The van der Waals surface area contributed by atoms with Gasteiger partial charge >= 0.3 is 6.03 Å². The van der Waals surface area contributed by atoms with E-state index in [1.807, 2.05) is 29.6 Å². The van der Waals surface area contributed by atoms with Gasteiger partial charge in [-0.05, 0) is 30.9 Å². The lowest BCUT2D eigenvalue weighted by molar-refractivity contribution is 0.252. The molecule has 1 heterocycles. The lowest BCUT2D eigenvalue weighted by Gasteiger charge is -2.15. The summed E-state index contributed by atoms with van der Waals surface area (Å²) in [5, 5.41) is 7.90. The number of thiazole rings is 1. The van der Waals surface area contributed by atoms with Crippen molar-refractivity contribution in [1.82, 2.24) is 4.98 Å². The molecule has 2 N–H and O–H groups in total. The average Bonchev–Trinajstić information content (AvgIpc) is 3.19. The Bertz CT molecular complexity index is 610. The SMILES string of the molecule is O=C(Nc1nccs1)Nc1ccccc1OCC1CCCC1. The monoisotopic (exact) mass is 317 g/mol. The van der Waals surface area contributed by atoms with E-state index in [2.05, 4.69) is 15.6 Å². The molecule has 0 radical (unpaired) electrons. The van der Waals surface area contributed by atoms with E-state index in [-0.39, 0.29) is 6.03 Å². The van der Waals surface area contributed by atoms with Crippen molar-refractivity contribution in [3.63, 3.8) is 0 Å². The predicted molar refractivity (Wildman–Crippen MR) is 88.7 cm³/mol. The second-order valence-electron chi connectivity index (χ2n) is 5.37. The van der Waals surface area contributed by atoms with Crippen LogP contribution in [0.2, 0.25) is 0 Å². The molecule has 2 amide bonds. The molecule has 2 aromatic rings. The number of urea groups is 1. The first-order valence-corrected chi connectivity index (χ1v) is 8.38. The first kappa shape index (κ1) is 14.8. The van der Waals surface area contributed by atoms with Gasteiger partial charge in [-0.1, -0.05) is 25.0 Å². The number of hydrogen-bond donors (Lipinski definition) is 2. The molecule has 6 heteroatoms. The summed E-state index contributed by atoms with van der Waals surface area (Å²) in [6.45, 7) is 0.715.